The third kappa shape index (κ3) is 5.12. The van der Waals surface area contributed by atoms with Gasteiger partial charge in [-0.1, -0.05) is 30.8 Å². The van der Waals surface area contributed by atoms with Crippen LogP contribution in [0.3, 0.4) is 0 Å². The van der Waals surface area contributed by atoms with Gasteiger partial charge in [0, 0.05) is 18.8 Å². The Hall–Kier alpha value is -2.77. The van der Waals surface area contributed by atoms with E-state index in [1.807, 2.05) is 36.4 Å². The van der Waals surface area contributed by atoms with E-state index in [-0.39, 0.29) is 0 Å². The lowest BCUT2D eigenvalue weighted by Crippen LogP contribution is -2.39. The van der Waals surface area contributed by atoms with Gasteiger partial charge < -0.3 is 19.7 Å². The molecule has 3 rings (SSSR count). The van der Waals surface area contributed by atoms with Crippen molar-refractivity contribution >= 4 is 34.4 Å². The highest BCUT2D eigenvalue weighted by Crippen LogP contribution is 2.23. The summed E-state index contributed by atoms with van der Waals surface area (Å²) in [5, 5.41) is 3.52. The fourth-order valence-electron chi connectivity index (χ4n) is 2.80. The standard InChI is InChI=1S/C20H24N4O2S/c1-15(16-7-9-17(10-8-16)24-11-13-26-14-12-24)22-23-20(27)21-18-5-3-4-6-19(18)25-2/h3-10,22H,1,11-14H2,2H3,(H2,21,23,27). The highest BCUT2D eigenvalue weighted by atomic mass is 32.1. The van der Waals surface area contributed by atoms with Gasteiger partial charge in [-0.05, 0) is 42.0 Å². The molecule has 1 heterocycles. The van der Waals surface area contributed by atoms with E-state index >= 15 is 0 Å². The summed E-state index contributed by atoms with van der Waals surface area (Å²) >= 11 is 5.32. The van der Waals surface area contributed by atoms with Gasteiger partial charge in [0.05, 0.1) is 31.7 Å². The van der Waals surface area contributed by atoms with Crippen LogP contribution in [0.4, 0.5) is 11.4 Å². The number of anilines is 2. The highest BCUT2D eigenvalue weighted by molar-refractivity contribution is 7.80. The minimum atomic E-state index is 0.422. The Balaban J connectivity index is 1.52. The second-order valence-electron chi connectivity index (χ2n) is 6.03. The molecule has 1 aliphatic rings. The first-order chi connectivity index (χ1) is 13.2. The highest BCUT2D eigenvalue weighted by Gasteiger charge is 2.11. The van der Waals surface area contributed by atoms with E-state index in [2.05, 4.69) is 39.8 Å². The summed E-state index contributed by atoms with van der Waals surface area (Å²) in [5.74, 6) is 0.721. The number of nitrogens with zero attached hydrogens (tertiary/aromatic N) is 1. The molecule has 1 fully saturated rings. The molecule has 2 aromatic rings. The summed E-state index contributed by atoms with van der Waals surface area (Å²) in [6.07, 6.45) is 0. The largest absolute Gasteiger partial charge is 0.495 e. The maximum absolute atomic E-state index is 5.39. The number of methoxy groups -OCH3 is 1. The summed E-state index contributed by atoms with van der Waals surface area (Å²) in [6, 6.07) is 15.9. The van der Waals surface area contributed by atoms with E-state index in [0.29, 0.717) is 5.11 Å². The van der Waals surface area contributed by atoms with Crippen molar-refractivity contribution in [3.05, 3.63) is 60.7 Å². The smallest absolute Gasteiger partial charge is 0.189 e. The van der Waals surface area contributed by atoms with Gasteiger partial charge >= 0.3 is 0 Å². The first-order valence-corrected chi connectivity index (χ1v) is 9.16. The van der Waals surface area contributed by atoms with Crippen LogP contribution in [-0.4, -0.2) is 38.5 Å². The number of hydrazine groups is 1. The van der Waals surface area contributed by atoms with Crippen LogP contribution in [0.15, 0.2) is 55.1 Å². The second kappa shape index (κ2) is 9.25. The SMILES string of the molecule is C=C(NNC(=S)Nc1ccccc1OC)c1ccc(N2CCOCC2)cc1. The molecule has 0 amide bonds. The van der Waals surface area contributed by atoms with Crippen molar-refractivity contribution in [2.75, 3.05) is 43.6 Å². The Morgan fingerprint density at radius 3 is 2.48 bits per heavy atom. The lowest BCUT2D eigenvalue weighted by Gasteiger charge is -2.29. The molecule has 0 radical (unpaired) electrons. The van der Waals surface area contributed by atoms with E-state index < -0.39 is 0 Å². The summed E-state index contributed by atoms with van der Waals surface area (Å²) in [4.78, 5) is 2.31. The molecule has 0 bridgehead atoms. The molecule has 1 saturated heterocycles. The normalized spacial score (nSPS) is 13.6. The number of nitrogens with one attached hydrogen (secondary N) is 3. The van der Waals surface area contributed by atoms with Gasteiger partial charge in [-0.15, -0.1) is 0 Å². The zero-order valence-corrected chi connectivity index (χ0v) is 16.1. The van der Waals surface area contributed by atoms with Crippen molar-refractivity contribution in [3.63, 3.8) is 0 Å². The van der Waals surface area contributed by atoms with E-state index in [1.54, 1.807) is 7.11 Å². The van der Waals surface area contributed by atoms with Gasteiger partial charge in [0.25, 0.3) is 0 Å². The van der Waals surface area contributed by atoms with Gasteiger partial charge in [0.1, 0.15) is 5.75 Å². The van der Waals surface area contributed by atoms with Crippen LogP contribution < -0.4 is 25.8 Å². The number of morpholine rings is 1. The first kappa shape index (κ1) is 19.0. The lowest BCUT2D eigenvalue weighted by atomic mass is 10.1. The average Bonchev–Trinajstić information content (AvgIpc) is 2.73. The fraction of sp³-hybridized carbons (Fsp3) is 0.250. The molecule has 7 heteroatoms. The van der Waals surface area contributed by atoms with Crippen molar-refractivity contribution in [2.45, 2.75) is 0 Å². The van der Waals surface area contributed by atoms with Crippen molar-refractivity contribution in [1.82, 2.24) is 10.9 Å². The Labute approximate surface area is 165 Å². The number of hydrogen-bond donors (Lipinski definition) is 3. The number of hydrogen-bond acceptors (Lipinski definition) is 5. The summed E-state index contributed by atoms with van der Waals surface area (Å²) < 4.78 is 10.7. The molecule has 0 spiro atoms. The minimum Gasteiger partial charge on any atom is -0.495 e. The van der Waals surface area contributed by atoms with Gasteiger partial charge in [-0.25, -0.2) is 0 Å². The van der Waals surface area contributed by atoms with Gasteiger partial charge in [-0.2, -0.15) is 0 Å². The summed E-state index contributed by atoms with van der Waals surface area (Å²) in [5.41, 5.74) is 9.68. The third-order valence-corrected chi connectivity index (χ3v) is 4.48. The molecule has 6 nitrogen and oxygen atoms in total. The predicted octanol–water partition coefficient (Wildman–Crippen LogP) is 2.99. The van der Waals surface area contributed by atoms with Crippen molar-refractivity contribution in [2.24, 2.45) is 0 Å². The summed E-state index contributed by atoms with van der Waals surface area (Å²) in [7, 11) is 1.62. The van der Waals surface area contributed by atoms with E-state index in [0.717, 1.165) is 49.0 Å². The molecule has 0 saturated carbocycles. The Kier molecular flexibility index (Phi) is 6.51. The van der Waals surface area contributed by atoms with Crippen LogP contribution in [0, 0.1) is 0 Å². The second-order valence-corrected chi connectivity index (χ2v) is 6.44. The first-order valence-electron chi connectivity index (χ1n) is 8.75. The third-order valence-electron chi connectivity index (χ3n) is 4.27. The molecule has 3 N–H and O–H groups in total. The van der Waals surface area contributed by atoms with Crippen LogP contribution in [-0.2, 0) is 4.74 Å². The van der Waals surface area contributed by atoms with E-state index in [4.69, 9.17) is 21.7 Å². The number of benzene rings is 2. The molecule has 1 aliphatic heterocycles. The monoisotopic (exact) mass is 384 g/mol. The number of ether oxygens (including phenoxy) is 2. The van der Waals surface area contributed by atoms with Crippen LogP contribution in [0.25, 0.3) is 5.70 Å². The minimum absolute atomic E-state index is 0.422. The van der Waals surface area contributed by atoms with Gasteiger partial charge in [0.2, 0.25) is 0 Å². The Morgan fingerprint density at radius 1 is 1.07 bits per heavy atom. The Morgan fingerprint density at radius 2 is 1.78 bits per heavy atom. The number of thiocarbonyl (C=S) groups is 1. The molecule has 0 aliphatic carbocycles. The van der Waals surface area contributed by atoms with Gasteiger partial charge in [0.15, 0.2) is 5.11 Å². The van der Waals surface area contributed by atoms with E-state index in [1.165, 1.54) is 5.69 Å². The molecule has 2 aromatic carbocycles. The van der Waals surface area contributed by atoms with Crippen LogP contribution in [0.5, 0.6) is 5.75 Å². The van der Waals surface area contributed by atoms with Gasteiger partial charge in [-0.3, -0.25) is 10.9 Å². The number of rotatable bonds is 6. The lowest BCUT2D eigenvalue weighted by molar-refractivity contribution is 0.122. The molecule has 27 heavy (non-hydrogen) atoms. The fourth-order valence-corrected chi connectivity index (χ4v) is 2.96. The molecule has 0 unspecified atom stereocenters. The van der Waals surface area contributed by atoms with Crippen LogP contribution in [0.2, 0.25) is 0 Å². The summed E-state index contributed by atoms with van der Waals surface area (Å²) in [6.45, 7) is 7.45. The number of para-hydroxylation sites is 2. The molecular formula is C20H24N4O2S. The van der Waals surface area contributed by atoms with Crippen LogP contribution in [0.1, 0.15) is 5.56 Å². The average molecular weight is 385 g/mol. The maximum Gasteiger partial charge on any atom is 0.189 e. The molecule has 0 aromatic heterocycles. The maximum atomic E-state index is 5.39. The van der Waals surface area contributed by atoms with Crippen molar-refractivity contribution in [1.29, 1.82) is 0 Å². The van der Waals surface area contributed by atoms with E-state index in [9.17, 15) is 0 Å². The molecule has 142 valence electrons. The Bertz CT molecular complexity index is 789. The molecular weight excluding hydrogens is 360 g/mol. The topological polar surface area (TPSA) is 57.8 Å². The quantitative estimate of drug-likeness (QED) is 0.523. The molecule has 0 atom stereocenters. The van der Waals surface area contributed by atoms with Crippen LogP contribution >= 0.6 is 12.2 Å². The zero-order chi connectivity index (χ0) is 19.1. The zero-order valence-electron chi connectivity index (χ0n) is 15.3. The van der Waals surface area contributed by atoms with Crippen molar-refractivity contribution < 1.29 is 9.47 Å². The van der Waals surface area contributed by atoms with Crippen molar-refractivity contribution in [3.8, 4) is 5.75 Å². The predicted molar refractivity (Wildman–Crippen MR) is 114 cm³/mol.